The molecule has 1 aromatic heterocycles. The molecule has 2 heterocycles. The van der Waals surface area contributed by atoms with Crippen LogP contribution in [-0.2, 0) is 24.0 Å². The Morgan fingerprint density at radius 1 is 1.22 bits per heavy atom. The largest absolute Gasteiger partial charge is 0.473 e. The van der Waals surface area contributed by atoms with Gasteiger partial charge in [-0.3, -0.25) is 4.79 Å². The van der Waals surface area contributed by atoms with Crippen molar-refractivity contribution in [3.63, 3.8) is 0 Å². The molecule has 0 saturated carbocycles. The maximum absolute atomic E-state index is 13.6. The number of hydrogen-bond acceptors (Lipinski definition) is 8. The van der Waals surface area contributed by atoms with E-state index >= 15 is 0 Å². The molecule has 0 N–H and O–H groups in total. The van der Waals surface area contributed by atoms with Gasteiger partial charge in [-0.1, -0.05) is 34.1 Å². The SMILES string of the molecule is CCCCOC(=O)[C@@H]1CCCN1S(=O)(=O)c1ncc(C)nc1O[C@H](C)CCCCO[Si](C)(C)C(C)(C)C. The number of nitrogens with zero attached hydrogens (tertiary/aromatic N) is 3. The molecular weight excluding hydrogens is 510 g/mol. The van der Waals surface area contributed by atoms with Crippen LogP contribution >= 0.6 is 0 Å². The molecule has 212 valence electrons. The van der Waals surface area contributed by atoms with E-state index in [4.69, 9.17) is 13.9 Å². The number of unbranched alkanes of at least 4 members (excludes halogenated alkanes) is 2. The molecule has 0 aliphatic carbocycles. The molecule has 1 saturated heterocycles. The second-order valence-corrected chi connectivity index (χ2v) is 18.1. The molecule has 2 rings (SSSR count). The molecule has 0 bridgehead atoms. The van der Waals surface area contributed by atoms with Gasteiger partial charge >= 0.3 is 5.97 Å². The Morgan fingerprint density at radius 3 is 2.57 bits per heavy atom. The van der Waals surface area contributed by atoms with Gasteiger partial charge < -0.3 is 13.9 Å². The number of aromatic nitrogens is 2. The summed E-state index contributed by atoms with van der Waals surface area (Å²) in [5.74, 6) is -0.527. The van der Waals surface area contributed by atoms with Gasteiger partial charge in [0.15, 0.2) is 8.32 Å². The molecule has 11 heteroatoms. The van der Waals surface area contributed by atoms with Gasteiger partial charge in [-0.2, -0.15) is 4.31 Å². The number of aryl methyl sites for hydroxylation is 1. The quantitative estimate of drug-likeness (QED) is 0.174. The van der Waals surface area contributed by atoms with Gasteiger partial charge in [0.05, 0.1) is 18.4 Å². The van der Waals surface area contributed by atoms with E-state index in [0.717, 1.165) is 32.1 Å². The lowest BCUT2D eigenvalue weighted by molar-refractivity contribution is -0.147. The molecule has 0 amide bonds. The molecule has 37 heavy (non-hydrogen) atoms. The van der Waals surface area contributed by atoms with Gasteiger partial charge in [0.25, 0.3) is 15.9 Å². The van der Waals surface area contributed by atoms with Crippen LogP contribution in [0.3, 0.4) is 0 Å². The zero-order valence-corrected chi connectivity index (χ0v) is 25.8. The standard InChI is InChI=1S/C26H47N3O6SSi/c1-9-10-17-33-25(30)22-15-13-16-29(22)36(31,32)24-23(28-20(2)19-27-24)35-21(3)14-11-12-18-34-37(7,8)26(4,5)6/h19,21-22H,9-18H2,1-8H3/t21-,22+/m1/s1. The summed E-state index contributed by atoms with van der Waals surface area (Å²) >= 11 is 0. The highest BCUT2D eigenvalue weighted by atomic mass is 32.2. The number of hydrogen-bond donors (Lipinski definition) is 0. The third-order valence-electron chi connectivity index (χ3n) is 7.19. The predicted molar refractivity (Wildman–Crippen MR) is 147 cm³/mol. The number of sulfonamides is 1. The van der Waals surface area contributed by atoms with Crippen molar-refractivity contribution in [2.24, 2.45) is 0 Å². The van der Waals surface area contributed by atoms with Crippen molar-refractivity contribution < 1.29 is 27.1 Å². The Kier molecular flexibility index (Phi) is 11.5. The Morgan fingerprint density at radius 2 is 1.92 bits per heavy atom. The third kappa shape index (κ3) is 8.73. The maximum atomic E-state index is 13.6. The molecule has 0 spiro atoms. The smallest absolute Gasteiger partial charge is 0.324 e. The van der Waals surface area contributed by atoms with Crippen LogP contribution in [0.1, 0.15) is 85.3 Å². The number of carbonyl (C=O) groups excluding carboxylic acids is 1. The van der Waals surface area contributed by atoms with E-state index in [9.17, 15) is 13.2 Å². The normalized spacial score (nSPS) is 18.1. The average molecular weight is 558 g/mol. The minimum absolute atomic E-state index is 0.0185. The van der Waals surface area contributed by atoms with Crippen LogP contribution in [0.25, 0.3) is 0 Å². The van der Waals surface area contributed by atoms with Crippen molar-refractivity contribution in [1.29, 1.82) is 0 Å². The van der Waals surface area contributed by atoms with Crippen LogP contribution in [0.2, 0.25) is 18.1 Å². The Labute approximate surface area is 224 Å². The third-order valence-corrected chi connectivity index (χ3v) is 13.5. The Balaban J connectivity index is 2.04. The number of carbonyl (C=O) groups is 1. The van der Waals surface area contributed by atoms with Gasteiger partial charge in [0.2, 0.25) is 5.03 Å². The van der Waals surface area contributed by atoms with E-state index in [1.165, 1.54) is 10.5 Å². The summed E-state index contributed by atoms with van der Waals surface area (Å²) in [7, 11) is -5.87. The fourth-order valence-electron chi connectivity index (χ4n) is 3.81. The molecule has 9 nitrogen and oxygen atoms in total. The lowest BCUT2D eigenvalue weighted by Gasteiger charge is -2.36. The Hall–Kier alpha value is -1.56. The van der Waals surface area contributed by atoms with Crippen molar-refractivity contribution in [3.05, 3.63) is 11.9 Å². The van der Waals surface area contributed by atoms with Crippen molar-refractivity contribution in [3.8, 4) is 5.88 Å². The first-order valence-corrected chi connectivity index (χ1v) is 17.9. The molecule has 1 aliphatic heterocycles. The summed E-state index contributed by atoms with van der Waals surface area (Å²) in [6.45, 7) is 18.0. The summed E-state index contributed by atoms with van der Waals surface area (Å²) in [6, 6.07) is -0.851. The first-order chi connectivity index (χ1) is 17.2. The molecular formula is C26H47N3O6SSi. The minimum atomic E-state index is -4.10. The zero-order valence-electron chi connectivity index (χ0n) is 24.0. The number of ether oxygens (including phenoxy) is 2. The lowest BCUT2D eigenvalue weighted by atomic mass is 10.2. The van der Waals surface area contributed by atoms with Crippen LogP contribution in [0.5, 0.6) is 5.88 Å². The van der Waals surface area contributed by atoms with Gasteiger partial charge in [0, 0.05) is 19.3 Å². The van der Waals surface area contributed by atoms with E-state index in [1.807, 2.05) is 13.8 Å². The van der Waals surface area contributed by atoms with Gasteiger partial charge in [-0.05, 0) is 70.5 Å². The summed E-state index contributed by atoms with van der Waals surface area (Å²) in [5.41, 5.74) is 0.556. The van der Waals surface area contributed by atoms with Gasteiger partial charge in [0.1, 0.15) is 6.04 Å². The zero-order chi connectivity index (χ0) is 27.9. The van der Waals surface area contributed by atoms with Crippen LogP contribution in [0.4, 0.5) is 0 Å². The predicted octanol–water partition coefficient (Wildman–Crippen LogP) is 5.24. The molecule has 1 aliphatic rings. The maximum Gasteiger partial charge on any atom is 0.324 e. The molecule has 0 radical (unpaired) electrons. The first-order valence-electron chi connectivity index (χ1n) is 13.5. The summed E-state index contributed by atoms with van der Waals surface area (Å²) in [6.07, 6.45) is 6.30. The molecule has 1 fully saturated rings. The average Bonchev–Trinajstić information content (AvgIpc) is 3.29. The van der Waals surface area contributed by atoms with Crippen LogP contribution in [-0.4, -0.2) is 68.9 Å². The fraction of sp³-hybridized carbons (Fsp3) is 0.808. The lowest BCUT2D eigenvalue weighted by Crippen LogP contribution is -2.42. The summed E-state index contributed by atoms with van der Waals surface area (Å²) < 4.78 is 46.0. The van der Waals surface area contributed by atoms with E-state index < -0.39 is 30.4 Å². The monoisotopic (exact) mass is 557 g/mol. The van der Waals surface area contributed by atoms with Crippen molar-refractivity contribution in [2.75, 3.05) is 19.8 Å². The highest BCUT2D eigenvalue weighted by Gasteiger charge is 2.43. The van der Waals surface area contributed by atoms with E-state index in [0.29, 0.717) is 25.1 Å². The first kappa shape index (κ1) is 31.7. The summed E-state index contributed by atoms with van der Waals surface area (Å²) in [4.78, 5) is 21.2. The molecule has 2 atom stereocenters. The van der Waals surface area contributed by atoms with Crippen molar-refractivity contribution in [2.45, 2.75) is 122 Å². The van der Waals surface area contributed by atoms with E-state index in [-0.39, 0.29) is 35.2 Å². The van der Waals surface area contributed by atoms with Crippen LogP contribution in [0.15, 0.2) is 11.2 Å². The van der Waals surface area contributed by atoms with Gasteiger partial charge in [-0.15, -0.1) is 0 Å². The fourth-order valence-corrected chi connectivity index (χ4v) is 6.52. The summed E-state index contributed by atoms with van der Waals surface area (Å²) in [5, 5.41) is -0.0742. The topological polar surface area (TPSA) is 108 Å². The van der Waals surface area contributed by atoms with Crippen LogP contribution < -0.4 is 4.74 Å². The number of esters is 1. The highest BCUT2D eigenvalue weighted by Crippen LogP contribution is 2.36. The highest BCUT2D eigenvalue weighted by molar-refractivity contribution is 7.89. The second-order valence-electron chi connectivity index (χ2n) is 11.4. The minimum Gasteiger partial charge on any atom is -0.473 e. The molecule has 0 unspecified atom stereocenters. The second kappa shape index (κ2) is 13.5. The van der Waals surface area contributed by atoms with E-state index in [2.05, 4.69) is 43.8 Å². The van der Waals surface area contributed by atoms with Gasteiger partial charge in [-0.25, -0.2) is 18.4 Å². The number of rotatable bonds is 14. The molecule has 1 aromatic rings. The molecule has 0 aromatic carbocycles. The Bertz CT molecular complexity index is 997. The van der Waals surface area contributed by atoms with Crippen molar-refractivity contribution in [1.82, 2.24) is 14.3 Å². The van der Waals surface area contributed by atoms with Crippen molar-refractivity contribution >= 4 is 24.3 Å². The van der Waals surface area contributed by atoms with E-state index in [1.54, 1.807) is 6.92 Å². The van der Waals surface area contributed by atoms with Crippen LogP contribution in [0, 0.1) is 6.92 Å².